The van der Waals surface area contributed by atoms with Crippen molar-refractivity contribution in [2.75, 3.05) is 0 Å². The van der Waals surface area contributed by atoms with E-state index in [1.54, 1.807) is 24.3 Å². The summed E-state index contributed by atoms with van der Waals surface area (Å²) >= 11 is 0. The third-order valence-electron chi connectivity index (χ3n) is 6.89. The van der Waals surface area contributed by atoms with E-state index >= 15 is 0 Å². The Morgan fingerprint density at radius 1 is 1.14 bits per heavy atom. The van der Waals surface area contributed by atoms with E-state index in [9.17, 15) is 13.2 Å². The first kappa shape index (κ1) is 21.5. The third kappa shape index (κ3) is 3.66. The molecule has 2 saturated carbocycles. The van der Waals surface area contributed by atoms with Gasteiger partial charge in [0.2, 0.25) is 0 Å². The summed E-state index contributed by atoms with van der Waals surface area (Å²) in [6, 6.07) is 8.57. The van der Waals surface area contributed by atoms with Crippen LogP contribution in [0.4, 0.5) is 0 Å². The van der Waals surface area contributed by atoms with Gasteiger partial charge in [0.1, 0.15) is 5.78 Å². The van der Waals surface area contributed by atoms with Crippen molar-refractivity contribution < 1.29 is 17.6 Å². The number of carbonyl (C=O) groups is 1. The molecule has 0 bridgehead atoms. The van der Waals surface area contributed by atoms with Gasteiger partial charge in [0.05, 0.1) is 16.2 Å². The lowest BCUT2D eigenvalue weighted by Crippen LogP contribution is -2.51. The maximum absolute atomic E-state index is 13.5. The molecule has 0 spiro atoms. The summed E-state index contributed by atoms with van der Waals surface area (Å²) in [5.74, 6) is -0.615. The number of hydrogen-bond donors (Lipinski definition) is 0. The molecule has 0 unspecified atom stereocenters. The summed E-state index contributed by atoms with van der Waals surface area (Å²) in [6.07, 6.45) is 1.17. The van der Waals surface area contributed by atoms with E-state index in [2.05, 4.69) is 40.4 Å². The minimum absolute atomic E-state index is 0.0212. The lowest BCUT2D eigenvalue weighted by Gasteiger charge is -2.44. The van der Waals surface area contributed by atoms with Gasteiger partial charge >= 0.3 is 0 Å². The summed E-state index contributed by atoms with van der Waals surface area (Å²) in [4.78, 5) is 13.0. The van der Waals surface area contributed by atoms with Crippen molar-refractivity contribution in [2.24, 2.45) is 11.8 Å². The number of hydrogen-bond acceptors (Lipinski definition) is 4. The zero-order chi connectivity index (χ0) is 20.9. The molecule has 6 heteroatoms. The van der Waals surface area contributed by atoms with Gasteiger partial charge < -0.3 is 4.43 Å². The molecule has 0 N–H and O–H groups in total. The smallest absolute Gasteiger partial charge is 0.192 e. The number of carbonyl (C=O) groups excluding carboxylic acids is 1. The van der Waals surface area contributed by atoms with Gasteiger partial charge in [-0.1, -0.05) is 51.1 Å². The van der Waals surface area contributed by atoms with Crippen LogP contribution < -0.4 is 0 Å². The van der Waals surface area contributed by atoms with E-state index in [0.717, 1.165) is 5.57 Å². The van der Waals surface area contributed by atoms with Gasteiger partial charge in [0.25, 0.3) is 0 Å². The molecule has 3 rings (SSSR count). The standard InChI is InChI=1S/C22H32O4SSi/c1-15-14-19(27(24,25)16-10-8-7-9-11-16)21-18(13-12-17(23)20(15)21)26-28(5,6)22(2,3)4/h7-11,18-21H,1,12-14H2,2-6H3/t18-,19+,20-,21-/m0/s1. The Labute approximate surface area is 170 Å². The zero-order valence-electron chi connectivity index (χ0n) is 17.6. The van der Waals surface area contributed by atoms with Gasteiger partial charge in [-0.2, -0.15) is 0 Å². The van der Waals surface area contributed by atoms with Gasteiger partial charge in [-0.3, -0.25) is 4.79 Å². The van der Waals surface area contributed by atoms with E-state index in [-0.39, 0.29) is 22.8 Å². The number of allylic oxidation sites excluding steroid dienone is 1. The summed E-state index contributed by atoms with van der Waals surface area (Å²) < 4.78 is 33.6. The van der Waals surface area contributed by atoms with Crippen LogP contribution in [0.15, 0.2) is 47.4 Å². The molecule has 4 atom stereocenters. The third-order valence-corrected chi connectivity index (χ3v) is 13.6. The van der Waals surface area contributed by atoms with E-state index < -0.39 is 29.3 Å². The molecule has 0 radical (unpaired) electrons. The quantitative estimate of drug-likeness (QED) is 0.520. The molecule has 2 aliphatic rings. The van der Waals surface area contributed by atoms with Crippen molar-refractivity contribution in [1.82, 2.24) is 0 Å². The van der Waals surface area contributed by atoms with Gasteiger partial charge in [0.15, 0.2) is 18.2 Å². The van der Waals surface area contributed by atoms with Crippen molar-refractivity contribution in [3.63, 3.8) is 0 Å². The second kappa shape index (κ2) is 7.22. The Balaban J connectivity index is 2.01. The maximum Gasteiger partial charge on any atom is 0.192 e. The lowest BCUT2D eigenvalue weighted by atomic mass is 9.77. The van der Waals surface area contributed by atoms with Crippen LogP contribution in [0.3, 0.4) is 0 Å². The molecule has 4 nitrogen and oxygen atoms in total. The second-order valence-corrected chi connectivity index (χ2v) is 16.7. The largest absolute Gasteiger partial charge is 0.414 e. The molecule has 0 amide bonds. The van der Waals surface area contributed by atoms with E-state index in [0.29, 0.717) is 24.2 Å². The monoisotopic (exact) mass is 420 g/mol. The first-order valence-electron chi connectivity index (χ1n) is 10.0. The summed E-state index contributed by atoms with van der Waals surface area (Å²) in [6.45, 7) is 15.0. The van der Waals surface area contributed by atoms with Crippen LogP contribution in [0.2, 0.25) is 18.1 Å². The molecule has 2 fully saturated rings. The Hall–Kier alpha value is -1.24. The minimum Gasteiger partial charge on any atom is -0.414 e. The average Bonchev–Trinajstić information content (AvgIpc) is 2.96. The molecule has 1 aromatic rings. The van der Waals surface area contributed by atoms with Gasteiger partial charge in [-0.05, 0) is 43.1 Å². The molecule has 0 saturated heterocycles. The molecule has 0 aromatic heterocycles. The van der Waals surface area contributed by atoms with Crippen LogP contribution in [-0.4, -0.2) is 33.9 Å². The lowest BCUT2D eigenvalue weighted by molar-refractivity contribution is -0.127. The van der Waals surface area contributed by atoms with Crippen LogP contribution in [0, 0.1) is 11.8 Å². The molecule has 28 heavy (non-hydrogen) atoms. The maximum atomic E-state index is 13.5. The Morgan fingerprint density at radius 2 is 1.75 bits per heavy atom. The van der Waals surface area contributed by atoms with Crippen LogP contribution in [0.1, 0.15) is 40.0 Å². The van der Waals surface area contributed by atoms with Crippen LogP contribution in [0.5, 0.6) is 0 Å². The highest BCUT2D eigenvalue weighted by atomic mass is 32.2. The first-order valence-corrected chi connectivity index (χ1v) is 14.5. The normalized spacial score (nSPS) is 29.0. The summed E-state index contributed by atoms with van der Waals surface area (Å²) in [5, 5.41) is -0.626. The fourth-order valence-electron chi connectivity index (χ4n) is 4.33. The highest BCUT2D eigenvalue weighted by Crippen LogP contribution is 2.50. The topological polar surface area (TPSA) is 60.4 Å². The molecule has 2 aliphatic carbocycles. The number of rotatable bonds is 4. The molecule has 0 heterocycles. The number of fused-ring (bicyclic) bond motifs is 1. The molecule has 0 aliphatic heterocycles. The molecular formula is C22H32O4SSi. The number of benzene rings is 1. The predicted octanol–water partition coefficient (Wildman–Crippen LogP) is 4.77. The fourth-order valence-corrected chi connectivity index (χ4v) is 7.78. The van der Waals surface area contributed by atoms with Crippen molar-refractivity contribution >= 4 is 23.9 Å². The number of sulfone groups is 1. The van der Waals surface area contributed by atoms with Gasteiger partial charge in [-0.15, -0.1) is 0 Å². The zero-order valence-corrected chi connectivity index (χ0v) is 19.4. The fraction of sp³-hybridized carbons (Fsp3) is 0.591. The first-order chi connectivity index (χ1) is 12.9. The van der Waals surface area contributed by atoms with Crippen molar-refractivity contribution in [3.8, 4) is 0 Å². The van der Waals surface area contributed by atoms with Crippen LogP contribution in [0.25, 0.3) is 0 Å². The van der Waals surface area contributed by atoms with Crippen molar-refractivity contribution in [1.29, 1.82) is 0 Å². The number of ketones is 1. The molecule has 1 aromatic carbocycles. The Morgan fingerprint density at radius 3 is 2.32 bits per heavy atom. The van der Waals surface area contributed by atoms with Gasteiger partial charge in [0, 0.05) is 18.3 Å². The predicted molar refractivity (Wildman–Crippen MR) is 114 cm³/mol. The SMILES string of the molecule is C=C1C[C@@H](S(=O)(=O)c2ccccc2)[C@H]2[C@@H]1C(=O)CC[C@@H]2O[Si](C)(C)C(C)(C)C. The molecule has 154 valence electrons. The van der Waals surface area contributed by atoms with E-state index in [1.807, 2.05) is 6.07 Å². The van der Waals surface area contributed by atoms with Crippen LogP contribution >= 0.6 is 0 Å². The van der Waals surface area contributed by atoms with Crippen LogP contribution in [-0.2, 0) is 19.1 Å². The van der Waals surface area contributed by atoms with Crippen molar-refractivity contribution in [3.05, 3.63) is 42.5 Å². The van der Waals surface area contributed by atoms with Crippen molar-refractivity contribution in [2.45, 2.75) is 74.4 Å². The average molecular weight is 421 g/mol. The molecular weight excluding hydrogens is 388 g/mol. The minimum atomic E-state index is -3.57. The second-order valence-electron chi connectivity index (χ2n) is 9.74. The highest BCUT2D eigenvalue weighted by Gasteiger charge is 2.55. The number of Topliss-reactive ketones (excluding diaryl/α,β-unsaturated/α-hetero) is 1. The summed E-state index contributed by atoms with van der Waals surface area (Å²) in [7, 11) is -5.67. The highest BCUT2D eigenvalue weighted by molar-refractivity contribution is 7.92. The summed E-state index contributed by atoms with van der Waals surface area (Å²) in [5.41, 5.74) is 0.753. The Kier molecular flexibility index (Phi) is 5.54. The Bertz CT molecular complexity index is 868. The van der Waals surface area contributed by atoms with E-state index in [4.69, 9.17) is 4.43 Å². The van der Waals surface area contributed by atoms with E-state index in [1.165, 1.54) is 0 Å². The van der Waals surface area contributed by atoms with Gasteiger partial charge in [-0.25, -0.2) is 8.42 Å².